The predicted molar refractivity (Wildman–Crippen MR) is 94.6 cm³/mol. The second kappa shape index (κ2) is 9.70. The molecule has 1 aliphatic rings. The van der Waals surface area contributed by atoms with Gasteiger partial charge in [-0.05, 0) is 63.5 Å². The second-order valence-corrected chi connectivity index (χ2v) is 6.09. The fourth-order valence-corrected chi connectivity index (χ4v) is 2.88. The van der Waals surface area contributed by atoms with Crippen molar-refractivity contribution in [2.24, 2.45) is 4.99 Å². The highest BCUT2D eigenvalue weighted by molar-refractivity contribution is 6.30. The van der Waals surface area contributed by atoms with E-state index in [0.29, 0.717) is 6.54 Å². The minimum Gasteiger partial charge on any atom is -0.357 e. The molecule has 1 aromatic carbocycles. The van der Waals surface area contributed by atoms with Crippen LogP contribution in [0.5, 0.6) is 0 Å². The Morgan fingerprint density at radius 3 is 2.82 bits per heavy atom. The topological polar surface area (TPSA) is 39.7 Å². The van der Waals surface area contributed by atoms with Crippen molar-refractivity contribution < 1.29 is 0 Å². The van der Waals surface area contributed by atoms with Gasteiger partial charge in [-0.15, -0.1) is 0 Å². The fourth-order valence-electron chi connectivity index (χ4n) is 2.66. The highest BCUT2D eigenvalue weighted by Crippen LogP contribution is 2.11. The maximum atomic E-state index is 6.00. The summed E-state index contributed by atoms with van der Waals surface area (Å²) in [5.41, 5.74) is 1.13. The Morgan fingerprint density at radius 1 is 1.27 bits per heavy atom. The summed E-state index contributed by atoms with van der Waals surface area (Å²) in [7, 11) is 0. The Morgan fingerprint density at radius 2 is 2.09 bits per heavy atom. The SMILES string of the molecule is CCNC(=NCc1cccc(Cl)c1)NCCCN1CCCC1. The van der Waals surface area contributed by atoms with Crippen molar-refractivity contribution in [1.29, 1.82) is 0 Å². The molecule has 122 valence electrons. The first-order chi connectivity index (χ1) is 10.8. The minimum atomic E-state index is 0.641. The van der Waals surface area contributed by atoms with Crippen LogP contribution < -0.4 is 10.6 Å². The predicted octanol–water partition coefficient (Wildman–Crippen LogP) is 2.88. The first-order valence-electron chi connectivity index (χ1n) is 8.27. The largest absolute Gasteiger partial charge is 0.357 e. The Balaban J connectivity index is 1.74. The Kier molecular flexibility index (Phi) is 7.54. The summed E-state index contributed by atoms with van der Waals surface area (Å²) in [6, 6.07) is 7.86. The number of nitrogens with one attached hydrogen (secondary N) is 2. The summed E-state index contributed by atoms with van der Waals surface area (Å²) in [4.78, 5) is 7.16. The molecule has 22 heavy (non-hydrogen) atoms. The van der Waals surface area contributed by atoms with Gasteiger partial charge < -0.3 is 15.5 Å². The smallest absolute Gasteiger partial charge is 0.191 e. The molecule has 1 saturated heterocycles. The molecule has 5 heteroatoms. The van der Waals surface area contributed by atoms with Gasteiger partial charge in [0.15, 0.2) is 5.96 Å². The number of halogens is 1. The van der Waals surface area contributed by atoms with Crippen LogP contribution in [0.2, 0.25) is 5.02 Å². The van der Waals surface area contributed by atoms with E-state index in [0.717, 1.165) is 36.1 Å². The van der Waals surface area contributed by atoms with Crippen LogP contribution >= 0.6 is 11.6 Å². The van der Waals surface area contributed by atoms with E-state index in [1.807, 2.05) is 24.3 Å². The lowest BCUT2D eigenvalue weighted by molar-refractivity contribution is 0.334. The van der Waals surface area contributed by atoms with Crippen LogP contribution in [0.1, 0.15) is 31.7 Å². The molecule has 2 rings (SSSR count). The van der Waals surface area contributed by atoms with E-state index in [4.69, 9.17) is 11.6 Å². The molecule has 1 aliphatic heterocycles. The highest BCUT2D eigenvalue weighted by Gasteiger charge is 2.10. The maximum Gasteiger partial charge on any atom is 0.191 e. The quantitative estimate of drug-likeness (QED) is 0.460. The summed E-state index contributed by atoms with van der Waals surface area (Å²) < 4.78 is 0. The van der Waals surface area contributed by atoms with Crippen molar-refractivity contribution in [3.8, 4) is 0 Å². The molecule has 0 spiro atoms. The van der Waals surface area contributed by atoms with Crippen molar-refractivity contribution in [1.82, 2.24) is 15.5 Å². The molecular weight excluding hydrogens is 296 g/mol. The Hall–Kier alpha value is -1.26. The van der Waals surface area contributed by atoms with Gasteiger partial charge in [0.25, 0.3) is 0 Å². The number of nitrogens with zero attached hydrogens (tertiary/aromatic N) is 2. The molecule has 0 amide bonds. The van der Waals surface area contributed by atoms with Gasteiger partial charge in [0.05, 0.1) is 6.54 Å². The average Bonchev–Trinajstić information content (AvgIpc) is 3.02. The molecule has 0 aliphatic carbocycles. The lowest BCUT2D eigenvalue weighted by Crippen LogP contribution is -2.38. The number of hydrogen-bond acceptors (Lipinski definition) is 2. The summed E-state index contributed by atoms with van der Waals surface area (Å²) in [6.45, 7) is 8.26. The third-order valence-corrected chi connectivity index (χ3v) is 4.03. The van der Waals surface area contributed by atoms with Gasteiger partial charge in [0.2, 0.25) is 0 Å². The third kappa shape index (κ3) is 6.24. The maximum absolute atomic E-state index is 6.00. The highest BCUT2D eigenvalue weighted by atomic mass is 35.5. The molecule has 0 atom stereocenters. The summed E-state index contributed by atoms with van der Waals surface area (Å²) in [6.07, 6.45) is 3.87. The van der Waals surface area contributed by atoms with E-state index >= 15 is 0 Å². The van der Waals surface area contributed by atoms with Crippen LogP contribution in [0.25, 0.3) is 0 Å². The van der Waals surface area contributed by atoms with E-state index < -0.39 is 0 Å². The summed E-state index contributed by atoms with van der Waals surface area (Å²) in [5.74, 6) is 0.879. The van der Waals surface area contributed by atoms with E-state index in [-0.39, 0.29) is 0 Å². The number of benzene rings is 1. The van der Waals surface area contributed by atoms with Gasteiger partial charge in [0, 0.05) is 18.1 Å². The van der Waals surface area contributed by atoms with Crippen LogP contribution in [0.3, 0.4) is 0 Å². The molecule has 1 fully saturated rings. The van der Waals surface area contributed by atoms with E-state index in [1.54, 1.807) is 0 Å². The monoisotopic (exact) mass is 322 g/mol. The Labute approximate surface area is 138 Å². The minimum absolute atomic E-state index is 0.641. The fraction of sp³-hybridized carbons (Fsp3) is 0.588. The van der Waals surface area contributed by atoms with Crippen molar-refractivity contribution in [2.45, 2.75) is 32.7 Å². The molecule has 2 N–H and O–H groups in total. The lowest BCUT2D eigenvalue weighted by atomic mass is 10.2. The van der Waals surface area contributed by atoms with Gasteiger partial charge in [0.1, 0.15) is 0 Å². The first kappa shape index (κ1) is 17.1. The zero-order valence-corrected chi connectivity index (χ0v) is 14.2. The zero-order valence-electron chi connectivity index (χ0n) is 13.4. The standard InChI is InChI=1S/C17H27ClN4/c1-2-19-17(20-9-6-12-22-10-3-4-11-22)21-14-15-7-5-8-16(18)13-15/h5,7-8,13H,2-4,6,9-12,14H2,1H3,(H2,19,20,21). The lowest BCUT2D eigenvalue weighted by Gasteiger charge is -2.15. The van der Waals surface area contributed by atoms with Crippen molar-refractivity contribution in [3.63, 3.8) is 0 Å². The van der Waals surface area contributed by atoms with E-state index in [1.165, 1.54) is 32.5 Å². The summed E-state index contributed by atoms with van der Waals surface area (Å²) in [5, 5.41) is 7.46. The molecule has 0 aromatic heterocycles. The average molecular weight is 323 g/mol. The van der Waals surface area contributed by atoms with Gasteiger partial charge in [-0.2, -0.15) is 0 Å². The molecule has 4 nitrogen and oxygen atoms in total. The molecule has 0 bridgehead atoms. The second-order valence-electron chi connectivity index (χ2n) is 5.65. The number of aliphatic imine (C=N–C) groups is 1. The summed E-state index contributed by atoms with van der Waals surface area (Å²) >= 11 is 6.00. The molecule has 0 saturated carbocycles. The van der Waals surface area contributed by atoms with Gasteiger partial charge in [-0.1, -0.05) is 23.7 Å². The number of likely N-dealkylation sites (tertiary alicyclic amines) is 1. The van der Waals surface area contributed by atoms with Crippen molar-refractivity contribution >= 4 is 17.6 Å². The molecular formula is C17H27ClN4. The third-order valence-electron chi connectivity index (χ3n) is 3.80. The number of hydrogen-bond donors (Lipinski definition) is 2. The molecule has 1 aromatic rings. The first-order valence-corrected chi connectivity index (χ1v) is 8.64. The van der Waals surface area contributed by atoms with Crippen LogP contribution in [-0.2, 0) is 6.54 Å². The van der Waals surface area contributed by atoms with E-state index in [2.05, 4.69) is 27.4 Å². The molecule has 0 unspecified atom stereocenters. The van der Waals surface area contributed by atoms with Crippen LogP contribution in [0, 0.1) is 0 Å². The number of rotatable bonds is 7. The van der Waals surface area contributed by atoms with Crippen molar-refractivity contribution in [3.05, 3.63) is 34.9 Å². The van der Waals surface area contributed by atoms with Gasteiger partial charge >= 0.3 is 0 Å². The van der Waals surface area contributed by atoms with Crippen LogP contribution in [0.4, 0.5) is 0 Å². The molecule has 0 radical (unpaired) electrons. The van der Waals surface area contributed by atoms with Crippen LogP contribution in [-0.4, -0.2) is 43.6 Å². The zero-order chi connectivity index (χ0) is 15.6. The van der Waals surface area contributed by atoms with Gasteiger partial charge in [-0.25, -0.2) is 4.99 Å². The number of guanidine groups is 1. The Bertz CT molecular complexity index is 469. The normalized spacial score (nSPS) is 16.0. The van der Waals surface area contributed by atoms with Crippen LogP contribution in [0.15, 0.2) is 29.3 Å². The van der Waals surface area contributed by atoms with E-state index in [9.17, 15) is 0 Å². The molecule has 1 heterocycles. The van der Waals surface area contributed by atoms with Gasteiger partial charge in [-0.3, -0.25) is 0 Å². The van der Waals surface area contributed by atoms with Crippen molar-refractivity contribution in [2.75, 3.05) is 32.7 Å².